The van der Waals surface area contributed by atoms with E-state index in [1.54, 1.807) is 31.3 Å². The van der Waals surface area contributed by atoms with Crippen molar-refractivity contribution in [3.63, 3.8) is 0 Å². The molecule has 0 saturated carbocycles. The fraction of sp³-hybridized carbons (Fsp3) is 0.333. The van der Waals surface area contributed by atoms with Crippen LogP contribution in [0, 0.1) is 0 Å². The van der Waals surface area contributed by atoms with Gasteiger partial charge in [0.05, 0.1) is 10.9 Å². The molecule has 1 atom stereocenters. The highest BCUT2D eigenvalue weighted by Crippen LogP contribution is 2.47. The van der Waals surface area contributed by atoms with Crippen LogP contribution in [0.25, 0.3) is 0 Å². The molecule has 22 heavy (non-hydrogen) atoms. The van der Waals surface area contributed by atoms with Crippen LogP contribution in [0.2, 0.25) is 0 Å². The molecule has 0 fully saturated rings. The zero-order valence-corrected chi connectivity index (χ0v) is 14.0. The highest BCUT2D eigenvalue weighted by Gasteiger charge is 2.41. The van der Waals surface area contributed by atoms with Gasteiger partial charge in [0.1, 0.15) is 0 Å². The Hall–Kier alpha value is -1.65. The molecule has 1 unspecified atom stereocenters. The van der Waals surface area contributed by atoms with Gasteiger partial charge >= 0.3 is 0 Å². The van der Waals surface area contributed by atoms with E-state index in [4.69, 9.17) is 0 Å². The number of hydrogen-bond acceptors (Lipinski definition) is 2. The number of nitrogens with zero attached hydrogens (tertiary/aromatic N) is 1. The Balaban J connectivity index is 2.03. The Labute approximate surface area is 132 Å². The lowest BCUT2D eigenvalue weighted by atomic mass is 9.86. The highest BCUT2D eigenvalue weighted by atomic mass is 32.2. The maximum atomic E-state index is 12.9. The molecule has 3 rings (SSSR count). The van der Waals surface area contributed by atoms with Crippen molar-refractivity contribution in [1.29, 1.82) is 0 Å². The maximum Gasteiger partial charge on any atom is 0.243 e. The topological polar surface area (TPSA) is 37.4 Å². The van der Waals surface area contributed by atoms with Crippen LogP contribution in [0.1, 0.15) is 37.4 Å². The van der Waals surface area contributed by atoms with Crippen LogP contribution in [-0.4, -0.2) is 19.8 Å². The summed E-state index contributed by atoms with van der Waals surface area (Å²) in [6.07, 6.45) is 0.801. The summed E-state index contributed by atoms with van der Waals surface area (Å²) in [5.74, 6) is 0. The first-order valence-corrected chi connectivity index (χ1v) is 8.90. The van der Waals surface area contributed by atoms with Crippen LogP contribution in [-0.2, 0) is 15.4 Å². The largest absolute Gasteiger partial charge is 0.243 e. The number of sulfonamides is 1. The van der Waals surface area contributed by atoms with Crippen molar-refractivity contribution < 1.29 is 8.42 Å². The summed E-state index contributed by atoms with van der Waals surface area (Å²) in [7, 11) is -1.80. The minimum Gasteiger partial charge on any atom is -0.207 e. The summed E-state index contributed by atoms with van der Waals surface area (Å²) in [6.45, 7) is 4.35. The number of rotatable bonds is 3. The lowest BCUT2D eigenvalue weighted by Gasteiger charge is -2.26. The van der Waals surface area contributed by atoms with Crippen LogP contribution < -0.4 is 0 Å². The molecule has 1 aliphatic carbocycles. The molecule has 0 N–H and O–H groups in total. The van der Waals surface area contributed by atoms with Crippen LogP contribution in [0.5, 0.6) is 0 Å². The van der Waals surface area contributed by atoms with E-state index in [9.17, 15) is 8.42 Å². The third kappa shape index (κ3) is 2.36. The first-order valence-electron chi connectivity index (χ1n) is 7.46. The summed E-state index contributed by atoms with van der Waals surface area (Å²) in [5, 5.41) is 0. The molecule has 0 aliphatic heterocycles. The van der Waals surface area contributed by atoms with E-state index in [-0.39, 0.29) is 11.5 Å². The fourth-order valence-corrected chi connectivity index (χ4v) is 4.71. The van der Waals surface area contributed by atoms with Gasteiger partial charge in [-0.2, -0.15) is 4.31 Å². The second-order valence-electron chi connectivity index (χ2n) is 6.53. The van der Waals surface area contributed by atoms with Gasteiger partial charge < -0.3 is 0 Å². The van der Waals surface area contributed by atoms with Crippen molar-refractivity contribution in [2.45, 2.75) is 36.6 Å². The fourth-order valence-electron chi connectivity index (χ4n) is 3.36. The van der Waals surface area contributed by atoms with Gasteiger partial charge in [0.15, 0.2) is 0 Å². The average Bonchev–Trinajstić information content (AvgIpc) is 2.79. The molecule has 0 bridgehead atoms. The Morgan fingerprint density at radius 1 is 1.00 bits per heavy atom. The monoisotopic (exact) mass is 315 g/mol. The summed E-state index contributed by atoms with van der Waals surface area (Å²) in [5.41, 5.74) is 2.35. The second-order valence-corrected chi connectivity index (χ2v) is 8.52. The van der Waals surface area contributed by atoms with E-state index in [2.05, 4.69) is 19.9 Å². The molecule has 4 heteroatoms. The molecule has 0 saturated heterocycles. The Bertz CT molecular complexity index is 782. The number of benzene rings is 2. The number of hydrogen-bond donors (Lipinski definition) is 0. The van der Waals surface area contributed by atoms with Crippen molar-refractivity contribution in [3.05, 3.63) is 65.7 Å². The van der Waals surface area contributed by atoms with Gasteiger partial charge in [0.2, 0.25) is 10.0 Å². The Kier molecular flexibility index (Phi) is 3.62. The molecule has 0 heterocycles. The van der Waals surface area contributed by atoms with Gasteiger partial charge in [-0.25, -0.2) is 8.42 Å². The third-order valence-corrected chi connectivity index (χ3v) is 6.49. The molecule has 2 aromatic rings. The van der Waals surface area contributed by atoms with E-state index in [1.807, 2.05) is 24.3 Å². The lowest BCUT2D eigenvalue weighted by Crippen LogP contribution is -2.31. The molecular formula is C18H21NO2S. The molecule has 2 aromatic carbocycles. The van der Waals surface area contributed by atoms with Gasteiger partial charge in [-0.05, 0) is 35.1 Å². The predicted molar refractivity (Wildman–Crippen MR) is 88.2 cm³/mol. The van der Waals surface area contributed by atoms with E-state index < -0.39 is 10.0 Å². The highest BCUT2D eigenvalue weighted by molar-refractivity contribution is 7.89. The Morgan fingerprint density at radius 2 is 1.59 bits per heavy atom. The van der Waals surface area contributed by atoms with E-state index >= 15 is 0 Å². The summed E-state index contributed by atoms with van der Waals surface area (Å²) in [4.78, 5) is 0.347. The van der Waals surface area contributed by atoms with Crippen molar-refractivity contribution in [2.24, 2.45) is 0 Å². The maximum absolute atomic E-state index is 12.9. The van der Waals surface area contributed by atoms with Crippen LogP contribution in [0.3, 0.4) is 0 Å². The normalized spacial score (nSPS) is 20.1. The summed E-state index contributed by atoms with van der Waals surface area (Å²) < 4.78 is 27.3. The van der Waals surface area contributed by atoms with Crippen molar-refractivity contribution in [3.8, 4) is 0 Å². The molecule has 0 radical (unpaired) electrons. The van der Waals surface area contributed by atoms with Gasteiger partial charge in [-0.15, -0.1) is 0 Å². The van der Waals surface area contributed by atoms with Crippen molar-refractivity contribution in [1.82, 2.24) is 4.31 Å². The van der Waals surface area contributed by atoms with Gasteiger partial charge in [-0.1, -0.05) is 56.3 Å². The van der Waals surface area contributed by atoms with Crippen molar-refractivity contribution in [2.75, 3.05) is 7.05 Å². The van der Waals surface area contributed by atoms with Crippen LogP contribution in [0.15, 0.2) is 59.5 Å². The summed E-state index contributed by atoms with van der Waals surface area (Å²) >= 11 is 0. The molecule has 0 aromatic heterocycles. The summed E-state index contributed by atoms with van der Waals surface area (Å²) in [6, 6.07) is 16.7. The first-order chi connectivity index (χ1) is 10.3. The third-order valence-electron chi connectivity index (χ3n) is 4.61. The lowest BCUT2D eigenvalue weighted by molar-refractivity contribution is 0.333. The Morgan fingerprint density at radius 3 is 2.27 bits per heavy atom. The minimum atomic E-state index is -3.48. The van der Waals surface area contributed by atoms with Crippen LogP contribution >= 0.6 is 0 Å². The average molecular weight is 315 g/mol. The first kappa shape index (κ1) is 15.3. The van der Waals surface area contributed by atoms with E-state index in [0.717, 1.165) is 12.0 Å². The van der Waals surface area contributed by atoms with Crippen molar-refractivity contribution >= 4 is 10.0 Å². The van der Waals surface area contributed by atoms with E-state index in [0.29, 0.717) is 4.90 Å². The molecule has 1 aliphatic rings. The SMILES string of the molecule is CN(C1CC(C)(C)c2ccccc21)S(=O)(=O)c1ccccc1. The second kappa shape index (κ2) is 5.21. The van der Waals surface area contributed by atoms with E-state index in [1.165, 1.54) is 9.87 Å². The zero-order valence-electron chi connectivity index (χ0n) is 13.2. The smallest absolute Gasteiger partial charge is 0.207 e. The molecule has 116 valence electrons. The molecule has 0 spiro atoms. The molecular weight excluding hydrogens is 294 g/mol. The molecule has 3 nitrogen and oxygen atoms in total. The molecule has 0 amide bonds. The van der Waals surface area contributed by atoms with Crippen LogP contribution in [0.4, 0.5) is 0 Å². The van der Waals surface area contributed by atoms with Gasteiger partial charge in [0.25, 0.3) is 0 Å². The predicted octanol–water partition coefficient (Wildman–Crippen LogP) is 3.73. The van der Waals surface area contributed by atoms with Gasteiger partial charge in [-0.3, -0.25) is 0 Å². The quantitative estimate of drug-likeness (QED) is 0.865. The van der Waals surface area contributed by atoms with Gasteiger partial charge in [0, 0.05) is 7.05 Å². The zero-order chi connectivity index (χ0) is 16.0. The minimum absolute atomic E-state index is 0.0122. The number of fused-ring (bicyclic) bond motifs is 1. The standard InChI is InChI=1S/C18H21NO2S/c1-18(2)13-17(15-11-7-8-12-16(15)18)19(3)22(20,21)14-9-5-4-6-10-14/h4-12,17H,13H2,1-3H3.